The van der Waals surface area contributed by atoms with Crippen LogP contribution in [0.15, 0.2) is 35.2 Å². The number of benzene rings is 2. The molecule has 0 amide bonds. The van der Waals surface area contributed by atoms with E-state index in [2.05, 4.69) is 67.8 Å². The van der Waals surface area contributed by atoms with Crippen LogP contribution in [0.5, 0.6) is 5.75 Å². The zero-order valence-electron chi connectivity index (χ0n) is 12.9. The largest absolute Gasteiger partial charge is 0.450 e. The van der Waals surface area contributed by atoms with Crippen LogP contribution in [0.1, 0.15) is 10.4 Å². The lowest BCUT2D eigenvalue weighted by molar-refractivity contribution is -0.137. The predicted molar refractivity (Wildman–Crippen MR) is 129 cm³/mol. The summed E-state index contributed by atoms with van der Waals surface area (Å²) in [6, 6.07) is 6.27. The van der Waals surface area contributed by atoms with E-state index in [9.17, 15) is 18.0 Å². The Labute approximate surface area is 209 Å². The summed E-state index contributed by atoms with van der Waals surface area (Å²) >= 11 is 8.49. The zero-order chi connectivity index (χ0) is 20.4. The fourth-order valence-electron chi connectivity index (χ4n) is 1.76. The lowest BCUT2D eigenvalue weighted by Gasteiger charge is -2.10. The van der Waals surface area contributed by atoms with Crippen LogP contribution in [-0.4, -0.2) is 31.5 Å². The molecule has 1 N–H and O–H groups in total. The highest BCUT2D eigenvalue weighted by Crippen LogP contribution is 2.29. The number of hydrogen-bond donors (Lipinski definition) is 1. The third-order valence-corrected chi connectivity index (χ3v) is 11.1. The van der Waals surface area contributed by atoms with Crippen LogP contribution in [0.3, 0.4) is 0 Å². The SMILES string of the molecule is O=C(COC(=O)c1cc(I)c(I)c(I)c1I)Oc1ccc(S(=O)(=O)O)cc1. The van der Waals surface area contributed by atoms with Crippen molar-refractivity contribution in [3.05, 3.63) is 50.2 Å². The van der Waals surface area contributed by atoms with E-state index in [1.165, 1.54) is 12.1 Å². The minimum Gasteiger partial charge on any atom is -0.450 e. The van der Waals surface area contributed by atoms with Crippen LogP contribution in [0.4, 0.5) is 0 Å². The van der Waals surface area contributed by atoms with E-state index in [0.717, 1.165) is 26.4 Å². The van der Waals surface area contributed by atoms with Gasteiger partial charge >= 0.3 is 11.9 Å². The van der Waals surface area contributed by atoms with Crippen molar-refractivity contribution in [3.63, 3.8) is 0 Å². The smallest absolute Gasteiger partial charge is 0.349 e. The first-order valence-corrected chi connectivity index (χ1v) is 12.5. The van der Waals surface area contributed by atoms with Gasteiger partial charge in [0, 0.05) is 14.3 Å². The summed E-state index contributed by atoms with van der Waals surface area (Å²) in [6.45, 7) is -0.603. The van der Waals surface area contributed by atoms with Crippen LogP contribution in [-0.2, 0) is 19.6 Å². The molecule has 7 nitrogen and oxygen atoms in total. The van der Waals surface area contributed by atoms with Gasteiger partial charge in [0.2, 0.25) is 0 Å². The van der Waals surface area contributed by atoms with Crippen LogP contribution < -0.4 is 4.74 Å². The summed E-state index contributed by atoms with van der Waals surface area (Å²) in [5.74, 6) is -1.42. The molecule has 0 heterocycles. The second kappa shape index (κ2) is 9.81. The number of ether oxygens (including phenoxy) is 2. The minimum atomic E-state index is -4.33. The Balaban J connectivity index is 2.01. The highest BCUT2D eigenvalue weighted by Gasteiger charge is 2.19. The fourth-order valence-corrected chi connectivity index (χ4v) is 5.51. The van der Waals surface area contributed by atoms with Gasteiger partial charge in [-0.05, 0) is 121 Å². The summed E-state index contributed by atoms with van der Waals surface area (Å²) in [6.07, 6.45) is 0. The van der Waals surface area contributed by atoms with Gasteiger partial charge in [-0.15, -0.1) is 0 Å². The number of carbonyl (C=O) groups is 2. The van der Waals surface area contributed by atoms with Gasteiger partial charge in [0.15, 0.2) is 6.61 Å². The van der Waals surface area contributed by atoms with Gasteiger partial charge in [0.25, 0.3) is 10.1 Å². The zero-order valence-corrected chi connectivity index (χ0v) is 22.4. The van der Waals surface area contributed by atoms with Crippen molar-refractivity contribution in [2.24, 2.45) is 0 Å². The predicted octanol–water partition coefficient (Wildman–Crippen LogP) is 4.11. The first-order valence-electron chi connectivity index (χ1n) is 6.79. The molecule has 144 valence electrons. The minimum absolute atomic E-state index is 0.0522. The Hall–Kier alpha value is 0.210. The first-order chi connectivity index (χ1) is 12.5. The maximum atomic E-state index is 12.3. The maximum absolute atomic E-state index is 12.3. The Morgan fingerprint density at radius 3 is 2.11 bits per heavy atom. The molecule has 0 aliphatic heterocycles. The Bertz CT molecular complexity index is 1000. The normalized spacial score (nSPS) is 11.1. The molecule has 0 aliphatic rings. The van der Waals surface area contributed by atoms with Gasteiger partial charge in [0.05, 0.1) is 10.5 Å². The summed E-state index contributed by atoms with van der Waals surface area (Å²) in [5.41, 5.74) is 0.357. The quantitative estimate of drug-likeness (QED) is 0.121. The molecule has 0 atom stereocenters. The summed E-state index contributed by atoms with van der Waals surface area (Å²) in [4.78, 5) is 23.8. The number of esters is 2. The molecule has 0 bridgehead atoms. The van der Waals surface area contributed by atoms with Crippen LogP contribution in [0, 0.1) is 14.3 Å². The molecule has 0 radical (unpaired) electrons. The van der Waals surface area contributed by atoms with Crippen molar-refractivity contribution >= 4 is 112 Å². The number of rotatable bonds is 5. The van der Waals surface area contributed by atoms with Gasteiger partial charge in [-0.1, -0.05) is 0 Å². The van der Waals surface area contributed by atoms with E-state index >= 15 is 0 Å². The average Bonchev–Trinajstić information content (AvgIpc) is 2.60. The lowest BCUT2D eigenvalue weighted by Crippen LogP contribution is -2.20. The van der Waals surface area contributed by atoms with Gasteiger partial charge < -0.3 is 9.47 Å². The van der Waals surface area contributed by atoms with Crippen LogP contribution in [0.25, 0.3) is 0 Å². The third-order valence-electron chi connectivity index (χ3n) is 3.00. The van der Waals surface area contributed by atoms with Gasteiger partial charge in [-0.2, -0.15) is 8.42 Å². The van der Waals surface area contributed by atoms with Crippen molar-refractivity contribution in [3.8, 4) is 5.75 Å². The molecule has 12 heteroatoms. The average molecular weight is 840 g/mol. The van der Waals surface area contributed by atoms with E-state index < -0.39 is 28.7 Å². The van der Waals surface area contributed by atoms with E-state index in [-0.39, 0.29) is 10.6 Å². The van der Waals surface area contributed by atoms with Crippen LogP contribution in [0.2, 0.25) is 0 Å². The molecule has 2 aromatic carbocycles. The molecule has 0 unspecified atom stereocenters. The molecule has 0 saturated carbocycles. The molecular weight excluding hydrogens is 832 g/mol. The number of halogens is 4. The molecular formula is C15H8I4O7S. The summed E-state index contributed by atoms with van der Waals surface area (Å²) in [5, 5.41) is 0. The van der Waals surface area contributed by atoms with Crippen molar-refractivity contribution in [1.29, 1.82) is 0 Å². The van der Waals surface area contributed by atoms with E-state index in [0.29, 0.717) is 5.56 Å². The van der Waals surface area contributed by atoms with Gasteiger partial charge in [-0.3, -0.25) is 4.55 Å². The van der Waals surface area contributed by atoms with E-state index in [4.69, 9.17) is 14.0 Å². The third kappa shape index (κ3) is 6.34. The molecule has 2 rings (SSSR count). The standard InChI is InChI=1S/C15H8I4O7S/c16-10-5-9(12(17)14(19)13(10)18)15(21)25-6-11(20)26-7-1-3-8(4-2-7)27(22,23)24/h1-5H,6H2,(H,22,23,24). The molecule has 0 saturated heterocycles. The molecule has 0 spiro atoms. The maximum Gasteiger partial charge on any atom is 0.349 e. The van der Waals surface area contributed by atoms with Gasteiger partial charge in [0.1, 0.15) is 5.75 Å². The lowest BCUT2D eigenvalue weighted by atomic mass is 10.2. The van der Waals surface area contributed by atoms with Gasteiger partial charge in [-0.25, -0.2) is 9.59 Å². The first kappa shape index (κ1) is 23.5. The topological polar surface area (TPSA) is 107 Å². The van der Waals surface area contributed by atoms with Crippen molar-refractivity contribution in [2.75, 3.05) is 6.61 Å². The molecule has 0 fully saturated rings. The number of carbonyl (C=O) groups excluding carboxylic acids is 2. The molecule has 27 heavy (non-hydrogen) atoms. The highest BCUT2D eigenvalue weighted by molar-refractivity contribution is 14.1. The molecule has 0 aromatic heterocycles. The van der Waals surface area contributed by atoms with Crippen molar-refractivity contribution in [1.82, 2.24) is 0 Å². The van der Waals surface area contributed by atoms with E-state index in [1.807, 2.05) is 22.6 Å². The number of hydrogen-bond acceptors (Lipinski definition) is 6. The Kier molecular flexibility index (Phi) is 8.53. The van der Waals surface area contributed by atoms with Crippen molar-refractivity contribution < 1.29 is 32.0 Å². The summed E-state index contributed by atoms with van der Waals surface area (Å²) < 4.78 is 44.4. The second-order valence-electron chi connectivity index (χ2n) is 4.84. The highest BCUT2D eigenvalue weighted by atomic mass is 127. The monoisotopic (exact) mass is 840 g/mol. The van der Waals surface area contributed by atoms with Crippen LogP contribution >= 0.6 is 90.4 Å². The van der Waals surface area contributed by atoms with E-state index in [1.54, 1.807) is 6.07 Å². The fraction of sp³-hybridized carbons (Fsp3) is 0.0667. The summed E-state index contributed by atoms with van der Waals surface area (Å²) in [7, 11) is -4.33. The molecule has 2 aromatic rings. The Morgan fingerprint density at radius 1 is 0.963 bits per heavy atom. The van der Waals surface area contributed by atoms with Crippen molar-refractivity contribution in [2.45, 2.75) is 4.90 Å². The second-order valence-corrected chi connectivity index (χ2v) is 10.7. The molecule has 0 aliphatic carbocycles. The Morgan fingerprint density at radius 2 is 1.56 bits per heavy atom.